The highest BCUT2D eigenvalue weighted by molar-refractivity contribution is 5.95. The Morgan fingerprint density at radius 3 is 2.44 bits per heavy atom. The van der Waals surface area contributed by atoms with Crippen LogP contribution in [-0.4, -0.2) is 52.4 Å². The van der Waals surface area contributed by atoms with Crippen molar-refractivity contribution < 1.29 is 20.1 Å². The Bertz CT molecular complexity index is 775. The lowest BCUT2D eigenvalue weighted by molar-refractivity contribution is -0.729. The fraction of sp³-hybridized carbons (Fsp3) is 0.250. The molecule has 1 aromatic heterocycles. The molecule has 1 saturated heterocycles. The number of amides is 1. The molecule has 3 rings (SSSR count). The first kappa shape index (κ1) is 16.7. The van der Waals surface area contributed by atoms with Crippen LogP contribution in [0.15, 0.2) is 42.6 Å². The van der Waals surface area contributed by atoms with Crippen LogP contribution < -0.4 is 15.3 Å². The van der Waals surface area contributed by atoms with Crippen molar-refractivity contribution in [2.75, 3.05) is 36.0 Å². The second-order valence-electron chi connectivity index (χ2n) is 5.58. The molecule has 0 unspecified atom stereocenters. The van der Waals surface area contributed by atoms with Gasteiger partial charge in [-0.25, -0.2) is 15.7 Å². The van der Waals surface area contributed by atoms with E-state index in [0.717, 1.165) is 5.82 Å². The molecule has 0 saturated carbocycles. The van der Waals surface area contributed by atoms with E-state index in [0.29, 0.717) is 31.9 Å². The van der Waals surface area contributed by atoms with Gasteiger partial charge in [0.25, 0.3) is 10.8 Å². The van der Waals surface area contributed by atoms with Crippen LogP contribution in [-0.2, 0) is 0 Å². The molecule has 0 atom stereocenters. The number of anilines is 2. The number of carbonyl (C=O) groups is 1. The first-order chi connectivity index (χ1) is 12.1. The molecule has 9 nitrogen and oxygen atoms in total. The molecule has 1 aromatic carbocycles. The molecule has 0 aliphatic carbocycles. The fourth-order valence-electron chi connectivity index (χ4n) is 2.87. The lowest BCUT2D eigenvalue weighted by atomic mass is 10.1. The maximum absolute atomic E-state index is 11.5. The average molecular weight is 344 g/mol. The minimum absolute atomic E-state index is 0.0487. The largest absolute Gasteiger partial charge is 0.362 e. The van der Waals surface area contributed by atoms with Crippen LogP contribution in [0.2, 0.25) is 0 Å². The molecule has 25 heavy (non-hydrogen) atoms. The van der Waals surface area contributed by atoms with E-state index in [1.54, 1.807) is 12.3 Å². The molecular weight excluding hydrogens is 326 g/mol. The molecule has 1 aliphatic heterocycles. The highest BCUT2D eigenvalue weighted by atomic mass is 16.6. The topological polar surface area (TPSA) is 109 Å². The summed E-state index contributed by atoms with van der Waals surface area (Å²) in [6, 6.07) is 10.0. The Labute approximate surface area is 143 Å². The summed E-state index contributed by atoms with van der Waals surface area (Å²) in [5.41, 5.74) is 2.05. The number of pyridine rings is 1. The van der Waals surface area contributed by atoms with Gasteiger partial charge in [-0.05, 0) is 24.3 Å². The monoisotopic (exact) mass is 344 g/mol. The van der Waals surface area contributed by atoms with E-state index < -0.39 is 5.91 Å². The van der Waals surface area contributed by atoms with Crippen LogP contribution in [0.4, 0.5) is 17.2 Å². The quantitative estimate of drug-likeness (QED) is 0.567. The summed E-state index contributed by atoms with van der Waals surface area (Å²) >= 11 is 0. The van der Waals surface area contributed by atoms with E-state index in [1.807, 2.05) is 23.1 Å². The van der Waals surface area contributed by atoms with E-state index in [2.05, 4.69) is 9.88 Å². The van der Waals surface area contributed by atoms with Gasteiger partial charge in [0.1, 0.15) is 11.5 Å². The van der Waals surface area contributed by atoms with Gasteiger partial charge in [0.05, 0.1) is 4.91 Å². The van der Waals surface area contributed by atoms with Crippen molar-refractivity contribution in [2.45, 2.75) is 0 Å². The summed E-state index contributed by atoms with van der Waals surface area (Å²) in [5.74, 6) is 0.138. The highest BCUT2D eigenvalue weighted by Gasteiger charge is 2.28. The van der Waals surface area contributed by atoms with E-state index in [9.17, 15) is 14.9 Å². The van der Waals surface area contributed by atoms with Gasteiger partial charge in [-0.15, -0.1) is 0 Å². The Hall–Kier alpha value is -3.20. The Balaban J connectivity index is 1.78. The number of rotatable bonds is 4. The summed E-state index contributed by atoms with van der Waals surface area (Å²) in [6.07, 6.45) is 1.74. The summed E-state index contributed by atoms with van der Waals surface area (Å²) in [7, 11) is 0. The molecule has 1 fully saturated rings. The number of benzene rings is 1. The second kappa shape index (κ2) is 7.14. The maximum Gasteiger partial charge on any atom is 0.340 e. The summed E-state index contributed by atoms with van der Waals surface area (Å²) in [6.45, 7) is 2.67. The number of aromatic nitrogens is 1. The van der Waals surface area contributed by atoms with Crippen LogP contribution in [0.25, 0.3) is 0 Å². The predicted octanol–water partition coefficient (Wildman–Crippen LogP) is 1.33. The standard InChI is InChI=1S/C16H17N5O4/c22-16(18-23)12-4-5-13(14(11-12)21(24)25)19-7-9-20(10-8-19)15-3-1-2-6-17-15/h1-6,11H,7-10H2,(H2-,18,22,23,24,25)/p+1. The third-order valence-electron chi connectivity index (χ3n) is 4.14. The van der Waals surface area contributed by atoms with Crippen molar-refractivity contribution in [1.29, 1.82) is 0 Å². The lowest BCUT2D eigenvalue weighted by Crippen LogP contribution is -2.47. The third kappa shape index (κ3) is 3.50. The molecule has 9 heteroatoms. The van der Waals surface area contributed by atoms with E-state index in [4.69, 9.17) is 5.21 Å². The van der Waals surface area contributed by atoms with Gasteiger partial charge in [-0.1, -0.05) is 6.07 Å². The van der Waals surface area contributed by atoms with E-state index >= 15 is 0 Å². The van der Waals surface area contributed by atoms with Crippen molar-refractivity contribution in [1.82, 2.24) is 10.5 Å². The van der Waals surface area contributed by atoms with Crippen LogP contribution in [0.3, 0.4) is 0 Å². The smallest absolute Gasteiger partial charge is 0.340 e. The number of nitrogens with one attached hydrogen (secondary N) is 1. The normalized spacial score (nSPS) is 14.3. The van der Waals surface area contributed by atoms with Gasteiger partial charge in [-0.2, -0.15) is 0 Å². The maximum atomic E-state index is 11.5. The molecule has 0 radical (unpaired) electrons. The lowest BCUT2D eigenvalue weighted by Gasteiger charge is -2.36. The molecule has 2 heterocycles. The molecule has 2 aromatic rings. The molecule has 1 amide bonds. The van der Waals surface area contributed by atoms with E-state index in [-0.39, 0.29) is 16.2 Å². The Morgan fingerprint density at radius 2 is 1.84 bits per heavy atom. The number of nitrogens with zero attached hydrogens (tertiary/aromatic N) is 4. The third-order valence-corrected chi connectivity index (χ3v) is 4.14. The van der Waals surface area contributed by atoms with E-state index in [1.165, 1.54) is 17.6 Å². The zero-order valence-electron chi connectivity index (χ0n) is 13.4. The highest BCUT2D eigenvalue weighted by Crippen LogP contribution is 2.30. The Kier molecular flexibility index (Phi) is 4.75. The predicted molar refractivity (Wildman–Crippen MR) is 89.4 cm³/mol. The fourth-order valence-corrected chi connectivity index (χ4v) is 2.87. The van der Waals surface area contributed by atoms with Crippen molar-refractivity contribution in [3.63, 3.8) is 0 Å². The summed E-state index contributed by atoms with van der Waals surface area (Å²) < 4.78 is 0. The van der Waals surface area contributed by atoms with Gasteiger partial charge in [0, 0.05) is 44.0 Å². The molecule has 0 spiro atoms. The van der Waals surface area contributed by atoms with Gasteiger partial charge >= 0.3 is 5.69 Å². The second-order valence-corrected chi connectivity index (χ2v) is 5.58. The molecule has 130 valence electrons. The van der Waals surface area contributed by atoms with Crippen LogP contribution in [0.1, 0.15) is 10.4 Å². The van der Waals surface area contributed by atoms with Gasteiger partial charge in [0.2, 0.25) is 0 Å². The minimum Gasteiger partial charge on any atom is -0.362 e. The van der Waals surface area contributed by atoms with Crippen LogP contribution >= 0.6 is 0 Å². The van der Waals surface area contributed by atoms with Crippen molar-refractivity contribution in [3.05, 3.63) is 53.1 Å². The minimum atomic E-state index is -0.755. The Morgan fingerprint density at radius 1 is 1.12 bits per heavy atom. The van der Waals surface area contributed by atoms with Gasteiger partial charge in [-0.3, -0.25) is 10.0 Å². The SMILES string of the molecule is O=C(NO)c1ccc(N2CCN(c3ccccn3)CC2)c([N+](=O)O)c1. The number of hydroxylamine groups is 1. The van der Waals surface area contributed by atoms with Crippen molar-refractivity contribution in [2.24, 2.45) is 0 Å². The summed E-state index contributed by atoms with van der Waals surface area (Å²) in [5, 5.41) is 18.1. The van der Waals surface area contributed by atoms with Crippen molar-refractivity contribution >= 4 is 23.1 Å². The van der Waals surface area contributed by atoms with Crippen LogP contribution in [0.5, 0.6) is 0 Å². The number of carbonyl (C=O) groups excluding carboxylic acids is 1. The van der Waals surface area contributed by atoms with Gasteiger partial charge in [0.15, 0.2) is 0 Å². The first-order valence-electron chi connectivity index (χ1n) is 7.75. The zero-order chi connectivity index (χ0) is 17.8. The molecular formula is C16H18N5O4+. The molecule has 0 bridgehead atoms. The number of piperazine rings is 1. The van der Waals surface area contributed by atoms with Crippen molar-refractivity contribution in [3.8, 4) is 0 Å². The molecule has 3 N–H and O–H groups in total. The summed E-state index contributed by atoms with van der Waals surface area (Å²) in [4.78, 5) is 31.1. The van der Waals surface area contributed by atoms with Gasteiger partial charge < -0.3 is 9.80 Å². The average Bonchev–Trinajstić information content (AvgIpc) is 2.67. The number of hydrogen-bond donors (Lipinski definition) is 3. The van der Waals surface area contributed by atoms with Crippen LogP contribution in [0, 0.1) is 4.91 Å². The first-order valence-corrected chi connectivity index (χ1v) is 7.75. The molecule has 1 aliphatic rings. The zero-order valence-corrected chi connectivity index (χ0v) is 13.4. The number of hydrogen-bond acceptors (Lipinski definition) is 6.